The second-order valence-electron chi connectivity index (χ2n) is 8.69. The number of rotatable bonds is 6. The first-order chi connectivity index (χ1) is 19.1. The van der Waals surface area contributed by atoms with E-state index in [1.54, 1.807) is 7.05 Å². The van der Waals surface area contributed by atoms with Gasteiger partial charge in [-0.1, -0.05) is 23.2 Å². The van der Waals surface area contributed by atoms with Crippen molar-refractivity contribution in [2.45, 2.75) is 13.1 Å². The highest BCUT2D eigenvalue weighted by Crippen LogP contribution is 2.32. The first kappa shape index (κ1) is 27.0. The lowest BCUT2D eigenvalue weighted by Gasteiger charge is -2.17. The molecule has 0 unspecified atom stereocenters. The fourth-order valence-electron chi connectivity index (χ4n) is 4.24. The molecule has 0 saturated carbocycles. The highest BCUT2D eigenvalue weighted by atomic mass is 35.5. The van der Waals surface area contributed by atoms with E-state index in [-0.39, 0.29) is 52.0 Å². The van der Waals surface area contributed by atoms with Gasteiger partial charge in [0.15, 0.2) is 17.5 Å². The molecule has 0 fully saturated rings. The van der Waals surface area contributed by atoms with Gasteiger partial charge < -0.3 is 4.74 Å². The van der Waals surface area contributed by atoms with Gasteiger partial charge in [-0.2, -0.15) is 10.4 Å². The highest BCUT2D eigenvalue weighted by Gasteiger charge is 2.22. The molecular weight excluding hydrogens is 567 g/mol. The zero-order chi connectivity index (χ0) is 28.7. The number of aryl methyl sites for hydroxylation is 1. The van der Waals surface area contributed by atoms with E-state index in [0.29, 0.717) is 11.1 Å². The molecule has 10 nitrogen and oxygen atoms in total. The zero-order valence-corrected chi connectivity index (χ0v) is 22.3. The zero-order valence-electron chi connectivity index (χ0n) is 20.8. The van der Waals surface area contributed by atoms with E-state index in [9.17, 15) is 23.6 Å². The van der Waals surface area contributed by atoms with Crippen molar-refractivity contribution in [3.8, 4) is 23.2 Å². The van der Waals surface area contributed by atoms with Crippen molar-refractivity contribution in [1.82, 2.24) is 28.9 Å². The number of aromatic nitrogens is 6. The highest BCUT2D eigenvalue weighted by molar-refractivity contribution is 6.33. The standard InChI is InChI=1S/C26H17Cl2F2N7O3/c1-35-12-32-21(34-35)11-37-25(38)22-20(36(26(37)39)10-14-6-17(28)23(30)18(29)7-14)8-19(33-24(22)40-2)15-5-13(9-31)3-4-16(15)27/h3-8,12H,10-11H2,1-2H3. The maximum Gasteiger partial charge on any atom is 0.332 e. The predicted molar refractivity (Wildman–Crippen MR) is 143 cm³/mol. The number of methoxy groups -OCH3 is 1. The van der Waals surface area contributed by atoms with Crippen molar-refractivity contribution in [2.24, 2.45) is 7.05 Å². The molecule has 0 bridgehead atoms. The Balaban J connectivity index is 1.84. The number of benzene rings is 2. The molecule has 0 atom stereocenters. The van der Waals surface area contributed by atoms with Crippen LogP contribution in [-0.4, -0.2) is 36.0 Å². The molecule has 0 aliphatic rings. The predicted octanol–water partition coefficient (Wildman–Crippen LogP) is 3.92. The quantitative estimate of drug-likeness (QED) is 0.278. The molecule has 2 aromatic carbocycles. The molecular formula is C26H17Cl2F2N7O3. The Morgan fingerprint density at radius 2 is 1.82 bits per heavy atom. The van der Waals surface area contributed by atoms with E-state index in [2.05, 4.69) is 15.1 Å². The van der Waals surface area contributed by atoms with Crippen LogP contribution in [0.25, 0.3) is 22.2 Å². The lowest BCUT2D eigenvalue weighted by molar-refractivity contribution is 0.402. The topological polar surface area (TPSA) is 121 Å². The number of ether oxygens (including phenoxy) is 1. The van der Waals surface area contributed by atoms with E-state index in [0.717, 1.165) is 10.6 Å². The molecule has 0 saturated heterocycles. The van der Waals surface area contributed by atoms with Gasteiger partial charge in [-0.15, -0.1) is 0 Å². The van der Waals surface area contributed by atoms with Gasteiger partial charge in [-0.05, 0) is 42.0 Å². The fraction of sp³-hybridized carbons (Fsp3) is 0.154. The molecule has 0 radical (unpaired) electrons. The van der Waals surface area contributed by atoms with E-state index in [1.165, 1.54) is 53.0 Å². The van der Waals surface area contributed by atoms with Gasteiger partial charge in [0.25, 0.3) is 5.56 Å². The third-order valence-electron chi connectivity index (χ3n) is 6.07. The van der Waals surface area contributed by atoms with Crippen LogP contribution in [0.5, 0.6) is 5.88 Å². The van der Waals surface area contributed by atoms with E-state index >= 15 is 0 Å². The minimum atomic E-state index is -1.23. The van der Waals surface area contributed by atoms with E-state index in [4.69, 9.17) is 27.9 Å². The lowest BCUT2D eigenvalue weighted by Crippen LogP contribution is -2.41. The number of hydrogen-bond donors (Lipinski definition) is 0. The second-order valence-corrected chi connectivity index (χ2v) is 9.50. The minimum absolute atomic E-state index is 0.0666. The number of hydrogen-bond acceptors (Lipinski definition) is 7. The number of nitrogens with zero attached hydrogens (tertiary/aromatic N) is 7. The molecule has 0 aliphatic heterocycles. The maximum absolute atomic E-state index is 14.2. The van der Waals surface area contributed by atoms with Crippen molar-refractivity contribution < 1.29 is 13.5 Å². The van der Waals surface area contributed by atoms with E-state index < -0.39 is 27.9 Å². The third kappa shape index (κ3) is 4.81. The summed E-state index contributed by atoms with van der Waals surface area (Å²) in [7, 11) is 2.93. The van der Waals surface area contributed by atoms with Crippen LogP contribution in [0.3, 0.4) is 0 Å². The summed E-state index contributed by atoms with van der Waals surface area (Å²) >= 11 is 12.3. The summed E-state index contributed by atoms with van der Waals surface area (Å²) in [6.07, 6.45) is 1.41. The molecule has 5 rings (SSSR count). The Kier molecular flexibility index (Phi) is 7.10. The Morgan fingerprint density at radius 3 is 2.48 bits per heavy atom. The first-order valence-electron chi connectivity index (χ1n) is 11.5. The Morgan fingerprint density at radius 1 is 1.05 bits per heavy atom. The summed E-state index contributed by atoms with van der Waals surface area (Å²) in [5, 5.41) is 13.2. The van der Waals surface area contributed by atoms with Gasteiger partial charge in [0.1, 0.15) is 11.7 Å². The normalized spacial score (nSPS) is 11.1. The molecule has 14 heteroatoms. The van der Waals surface area contributed by atoms with Gasteiger partial charge in [0.2, 0.25) is 5.88 Å². The minimum Gasteiger partial charge on any atom is -0.480 e. The maximum atomic E-state index is 14.2. The van der Waals surface area contributed by atoms with Gasteiger partial charge in [-0.25, -0.2) is 23.5 Å². The molecule has 40 heavy (non-hydrogen) atoms. The average molecular weight is 584 g/mol. The molecule has 0 amide bonds. The monoisotopic (exact) mass is 583 g/mol. The van der Waals surface area contributed by atoms with Crippen LogP contribution in [0.2, 0.25) is 10.0 Å². The summed E-state index contributed by atoms with van der Waals surface area (Å²) in [4.78, 5) is 36.0. The Bertz CT molecular complexity index is 1960. The second kappa shape index (κ2) is 10.5. The Hall–Kier alpha value is -4.60. The number of nitriles is 1. The van der Waals surface area contributed by atoms with Crippen LogP contribution in [-0.2, 0) is 20.1 Å². The smallest absolute Gasteiger partial charge is 0.332 e. The van der Waals surface area contributed by atoms with Crippen LogP contribution in [0.15, 0.2) is 52.3 Å². The molecule has 0 N–H and O–H groups in total. The van der Waals surface area contributed by atoms with Gasteiger partial charge >= 0.3 is 5.69 Å². The van der Waals surface area contributed by atoms with Gasteiger partial charge in [0, 0.05) is 12.6 Å². The summed E-state index contributed by atoms with van der Waals surface area (Å²) < 4.78 is 37.1. The number of halogens is 4. The van der Waals surface area contributed by atoms with Crippen LogP contribution in [0.1, 0.15) is 17.0 Å². The summed E-state index contributed by atoms with van der Waals surface area (Å²) in [5.74, 6) is -2.37. The van der Waals surface area contributed by atoms with Gasteiger partial charge in [0.05, 0.1) is 53.1 Å². The summed E-state index contributed by atoms with van der Waals surface area (Å²) in [6, 6.07) is 10.1. The average Bonchev–Trinajstić information content (AvgIpc) is 3.35. The molecule has 3 heterocycles. The summed E-state index contributed by atoms with van der Waals surface area (Å²) in [6.45, 7) is -0.589. The molecule has 3 aromatic heterocycles. The first-order valence-corrected chi connectivity index (χ1v) is 12.3. The number of pyridine rings is 1. The fourth-order valence-corrected chi connectivity index (χ4v) is 4.69. The molecule has 0 spiro atoms. The van der Waals surface area contributed by atoms with Crippen LogP contribution in [0.4, 0.5) is 8.78 Å². The molecule has 5 aromatic rings. The van der Waals surface area contributed by atoms with Crippen molar-refractivity contribution in [3.63, 3.8) is 0 Å². The third-order valence-corrected chi connectivity index (χ3v) is 6.68. The summed E-state index contributed by atoms with van der Waals surface area (Å²) in [5.41, 5.74) is -0.463. The van der Waals surface area contributed by atoms with Crippen molar-refractivity contribution in [1.29, 1.82) is 5.26 Å². The SMILES string of the molecule is COc1nc(-c2cc(C#N)ccc2Cl)cc2c1c(=O)n(Cc1ncn(C)n1)c(=O)n2Cc1cc(F)c(F)c(Cl)c1. The van der Waals surface area contributed by atoms with Gasteiger partial charge in [-0.3, -0.25) is 18.6 Å². The van der Waals surface area contributed by atoms with Crippen LogP contribution < -0.4 is 16.0 Å². The van der Waals surface area contributed by atoms with Crippen LogP contribution >= 0.6 is 23.2 Å². The Labute approximate surface area is 234 Å². The lowest BCUT2D eigenvalue weighted by atomic mass is 10.1. The van der Waals surface area contributed by atoms with E-state index in [1.807, 2.05) is 6.07 Å². The molecule has 0 aliphatic carbocycles. The van der Waals surface area contributed by atoms with Crippen molar-refractivity contribution in [3.05, 3.63) is 102 Å². The van der Waals surface area contributed by atoms with Crippen molar-refractivity contribution >= 4 is 34.1 Å². The largest absolute Gasteiger partial charge is 0.480 e. The number of fused-ring (bicyclic) bond motifs is 1. The molecule has 202 valence electrons. The van der Waals surface area contributed by atoms with Crippen molar-refractivity contribution in [2.75, 3.05) is 7.11 Å². The van der Waals surface area contributed by atoms with Crippen LogP contribution in [0, 0.1) is 23.0 Å².